The van der Waals surface area contributed by atoms with Crippen molar-refractivity contribution in [1.29, 1.82) is 5.26 Å². The van der Waals surface area contributed by atoms with Gasteiger partial charge in [0.05, 0.1) is 5.92 Å². The first-order valence-electron chi connectivity index (χ1n) is 4.51. The Balaban J connectivity index is 2.18. The van der Waals surface area contributed by atoms with Crippen molar-refractivity contribution in [2.75, 3.05) is 0 Å². The van der Waals surface area contributed by atoms with Gasteiger partial charge in [-0.3, -0.25) is 9.98 Å². The van der Waals surface area contributed by atoms with Crippen molar-refractivity contribution in [2.45, 2.75) is 12.1 Å². The SMILES string of the molecule is N#CC1N=CC(c2ccc(Br)cc2)C=N1. The maximum absolute atomic E-state index is 8.60. The maximum Gasteiger partial charge on any atom is 0.225 e. The van der Waals surface area contributed by atoms with Crippen LogP contribution in [0.2, 0.25) is 0 Å². The highest BCUT2D eigenvalue weighted by Crippen LogP contribution is 2.18. The Bertz CT molecular complexity index is 428. The van der Waals surface area contributed by atoms with Gasteiger partial charge in [-0.2, -0.15) is 5.26 Å². The number of hydrogen-bond donors (Lipinski definition) is 0. The molecule has 0 unspecified atom stereocenters. The van der Waals surface area contributed by atoms with Crippen LogP contribution in [0.5, 0.6) is 0 Å². The monoisotopic (exact) mass is 261 g/mol. The van der Waals surface area contributed by atoms with E-state index in [0.717, 1.165) is 10.0 Å². The predicted octanol–water partition coefficient (Wildman–Crippen LogP) is 2.54. The Labute approximate surface area is 96.3 Å². The Morgan fingerprint density at radius 2 is 1.73 bits per heavy atom. The molecule has 0 aromatic heterocycles. The highest BCUT2D eigenvalue weighted by atomic mass is 79.9. The van der Waals surface area contributed by atoms with E-state index < -0.39 is 6.17 Å². The van der Waals surface area contributed by atoms with E-state index in [1.807, 2.05) is 30.3 Å². The number of rotatable bonds is 1. The molecule has 1 aliphatic heterocycles. The van der Waals surface area contributed by atoms with Crippen molar-refractivity contribution in [1.82, 2.24) is 0 Å². The van der Waals surface area contributed by atoms with Gasteiger partial charge < -0.3 is 0 Å². The summed E-state index contributed by atoms with van der Waals surface area (Å²) in [5, 5.41) is 8.60. The molecule has 0 amide bonds. The molecule has 1 aromatic rings. The van der Waals surface area contributed by atoms with E-state index >= 15 is 0 Å². The molecule has 2 rings (SSSR count). The van der Waals surface area contributed by atoms with Crippen LogP contribution in [0.4, 0.5) is 0 Å². The summed E-state index contributed by atoms with van der Waals surface area (Å²) in [6, 6.07) is 9.97. The third kappa shape index (κ3) is 2.31. The maximum atomic E-state index is 8.60. The van der Waals surface area contributed by atoms with Crippen LogP contribution in [-0.4, -0.2) is 18.6 Å². The Kier molecular flexibility index (Phi) is 2.93. The second-order valence-electron chi connectivity index (χ2n) is 3.18. The predicted molar refractivity (Wildman–Crippen MR) is 63.3 cm³/mol. The normalized spacial score (nSPS) is 23.7. The summed E-state index contributed by atoms with van der Waals surface area (Å²) in [6.07, 6.45) is 2.98. The molecule has 1 aliphatic rings. The molecule has 0 radical (unpaired) electrons. The summed E-state index contributed by atoms with van der Waals surface area (Å²) in [7, 11) is 0. The molecule has 15 heavy (non-hydrogen) atoms. The molecular formula is C11H8BrN3. The Morgan fingerprint density at radius 3 is 2.27 bits per heavy atom. The fourth-order valence-electron chi connectivity index (χ4n) is 1.35. The number of halogens is 1. The lowest BCUT2D eigenvalue weighted by Gasteiger charge is -2.11. The number of nitriles is 1. The van der Waals surface area contributed by atoms with Gasteiger partial charge in [0.1, 0.15) is 6.07 Å². The molecule has 0 saturated carbocycles. The van der Waals surface area contributed by atoms with Gasteiger partial charge >= 0.3 is 0 Å². The lowest BCUT2D eigenvalue weighted by molar-refractivity contribution is 0.874. The van der Waals surface area contributed by atoms with Crippen molar-refractivity contribution < 1.29 is 0 Å². The second-order valence-corrected chi connectivity index (χ2v) is 4.09. The van der Waals surface area contributed by atoms with Crippen LogP contribution in [0.25, 0.3) is 0 Å². The summed E-state index contributed by atoms with van der Waals surface area (Å²) in [5.41, 5.74) is 1.13. The first-order chi connectivity index (χ1) is 7.29. The average Bonchev–Trinajstić information content (AvgIpc) is 2.30. The minimum absolute atomic E-state index is 0.0858. The fraction of sp³-hybridized carbons (Fsp3) is 0.182. The third-order valence-electron chi connectivity index (χ3n) is 2.15. The second kappa shape index (κ2) is 4.37. The number of nitrogens with zero attached hydrogens (tertiary/aromatic N) is 3. The van der Waals surface area contributed by atoms with Crippen molar-refractivity contribution >= 4 is 28.4 Å². The zero-order valence-corrected chi connectivity index (χ0v) is 9.42. The molecule has 1 aromatic carbocycles. The van der Waals surface area contributed by atoms with Gasteiger partial charge in [-0.05, 0) is 17.7 Å². The molecule has 0 bridgehead atoms. The van der Waals surface area contributed by atoms with Crippen molar-refractivity contribution in [3.8, 4) is 6.07 Å². The molecule has 0 saturated heterocycles. The summed E-state index contributed by atoms with van der Waals surface area (Å²) < 4.78 is 1.05. The smallest absolute Gasteiger partial charge is 0.225 e. The van der Waals surface area contributed by atoms with Crippen molar-refractivity contribution in [3.63, 3.8) is 0 Å². The first kappa shape index (κ1) is 10.1. The van der Waals surface area contributed by atoms with Crippen LogP contribution in [0.1, 0.15) is 11.5 Å². The average molecular weight is 262 g/mol. The molecule has 0 N–H and O–H groups in total. The number of hydrogen-bond acceptors (Lipinski definition) is 3. The van der Waals surface area contributed by atoms with Gasteiger partial charge in [0, 0.05) is 16.9 Å². The third-order valence-corrected chi connectivity index (χ3v) is 2.67. The van der Waals surface area contributed by atoms with Crippen LogP contribution in [0.3, 0.4) is 0 Å². The molecule has 1 heterocycles. The van der Waals surface area contributed by atoms with Crippen LogP contribution in [0, 0.1) is 11.3 Å². The van der Waals surface area contributed by atoms with Crippen molar-refractivity contribution in [2.24, 2.45) is 9.98 Å². The molecule has 3 nitrogen and oxygen atoms in total. The highest BCUT2D eigenvalue weighted by Gasteiger charge is 2.12. The number of benzene rings is 1. The van der Waals surface area contributed by atoms with E-state index in [9.17, 15) is 0 Å². The van der Waals surface area contributed by atoms with Crippen molar-refractivity contribution in [3.05, 3.63) is 34.3 Å². The van der Waals surface area contributed by atoms with E-state index in [1.54, 1.807) is 12.4 Å². The largest absolute Gasteiger partial charge is 0.255 e. The summed E-state index contributed by atoms with van der Waals surface area (Å²) >= 11 is 3.38. The lowest BCUT2D eigenvalue weighted by atomic mass is 10.0. The van der Waals surface area contributed by atoms with Gasteiger partial charge in [0.25, 0.3) is 0 Å². The lowest BCUT2D eigenvalue weighted by Crippen LogP contribution is -2.11. The van der Waals surface area contributed by atoms with Gasteiger partial charge in [-0.15, -0.1) is 0 Å². The summed E-state index contributed by atoms with van der Waals surface area (Å²) in [5.74, 6) is 0.0858. The van der Waals surface area contributed by atoms with Crippen LogP contribution >= 0.6 is 15.9 Å². The van der Waals surface area contributed by atoms with Crippen LogP contribution in [0.15, 0.2) is 38.7 Å². The highest BCUT2D eigenvalue weighted by molar-refractivity contribution is 9.10. The van der Waals surface area contributed by atoms with Gasteiger partial charge in [-0.1, -0.05) is 28.1 Å². The molecule has 0 atom stereocenters. The van der Waals surface area contributed by atoms with Gasteiger partial charge in [0.2, 0.25) is 6.17 Å². The molecular weight excluding hydrogens is 254 g/mol. The van der Waals surface area contributed by atoms with E-state index in [1.165, 1.54) is 0 Å². The van der Waals surface area contributed by atoms with Crippen LogP contribution < -0.4 is 0 Å². The van der Waals surface area contributed by atoms with E-state index in [2.05, 4.69) is 25.9 Å². The summed E-state index contributed by atoms with van der Waals surface area (Å²) in [4.78, 5) is 8.06. The van der Waals surface area contributed by atoms with E-state index in [-0.39, 0.29) is 5.92 Å². The molecule has 74 valence electrons. The molecule has 0 spiro atoms. The Hall–Kier alpha value is -1.47. The standard InChI is InChI=1S/C11H8BrN3/c12-10-3-1-8(2-4-10)9-6-14-11(5-13)15-7-9/h1-4,6-7,9,11H. The Morgan fingerprint density at radius 1 is 1.13 bits per heavy atom. The minimum atomic E-state index is -0.559. The summed E-state index contributed by atoms with van der Waals surface area (Å²) in [6.45, 7) is 0. The zero-order valence-electron chi connectivity index (χ0n) is 7.84. The molecule has 0 fully saturated rings. The van der Waals surface area contributed by atoms with E-state index in [0.29, 0.717) is 0 Å². The fourth-order valence-corrected chi connectivity index (χ4v) is 1.61. The quantitative estimate of drug-likeness (QED) is 0.767. The zero-order chi connectivity index (χ0) is 10.7. The van der Waals surface area contributed by atoms with E-state index in [4.69, 9.17) is 5.26 Å². The number of aliphatic imine (C=N–C) groups is 2. The molecule has 4 heteroatoms. The molecule has 0 aliphatic carbocycles. The minimum Gasteiger partial charge on any atom is -0.255 e. The van der Waals surface area contributed by atoms with Gasteiger partial charge in [0.15, 0.2) is 0 Å². The van der Waals surface area contributed by atoms with Gasteiger partial charge in [-0.25, -0.2) is 0 Å². The first-order valence-corrected chi connectivity index (χ1v) is 5.30. The topological polar surface area (TPSA) is 48.5 Å². The van der Waals surface area contributed by atoms with Crippen LogP contribution in [-0.2, 0) is 0 Å².